The second-order valence-corrected chi connectivity index (χ2v) is 4.39. The van der Waals surface area contributed by atoms with Crippen LogP contribution < -0.4 is 0 Å². The van der Waals surface area contributed by atoms with E-state index in [1.54, 1.807) is 6.07 Å². The van der Waals surface area contributed by atoms with E-state index in [9.17, 15) is 4.79 Å². The Morgan fingerprint density at radius 3 is 3.24 bits per heavy atom. The van der Waals surface area contributed by atoms with E-state index >= 15 is 0 Å². The van der Waals surface area contributed by atoms with Gasteiger partial charge in [0.05, 0.1) is 17.8 Å². The summed E-state index contributed by atoms with van der Waals surface area (Å²) < 4.78 is 7.59. The van der Waals surface area contributed by atoms with Crippen molar-refractivity contribution in [3.05, 3.63) is 35.9 Å². The lowest BCUT2D eigenvalue weighted by Gasteiger charge is -2.08. The molecule has 3 heterocycles. The number of ether oxygens (including phenoxy) is 1. The maximum atomic E-state index is 10.8. The van der Waals surface area contributed by atoms with Crippen molar-refractivity contribution in [2.24, 2.45) is 0 Å². The van der Waals surface area contributed by atoms with E-state index in [-0.39, 0.29) is 6.10 Å². The third-order valence-corrected chi connectivity index (χ3v) is 3.20. The van der Waals surface area contributed by atoms with Crippen LogP contribution in [0.4, 0.5) is 0 Å². The zero-order valence-corrected chi connectivity index (χ0v) is 9.50. The fraction of sp³-hybridized carbons (Fsp3) is 0.385. The minimum Gasteiger partial charge on any atom is -0.378 e. The van der Waals surface area contributed by atoms with E-state index in [1.807, 2.05) is 22.9 Å². The number of fused-ring (bicyclic) bond motifs is 1. The average molecular weight is 230 g/mol. The number of hydrogen-bond donors (Lipinski definition) is 0. The zero-order valence-electron chi connectivity index (χ0n) is 9.50. The SMILES string of the molecule is O=Cc1ccc2cnc(CC3CCCO3)n2c1. The normalized spacial score (nSPS) is 19.9. The number of aromatic nitrogens is 2. The summed E-state index contributed by atoms with van der Waals surface area (Å²) in [5.74, 6) is 0.968. The van der Waals surface area contributed by atoms with Gasteiger partial charge in [0.15, 0.2) is 6.29 Å². The Bertz CT molecular complexity index is 541. The first-order chi connectivity index (χ1) is 8.36. The minimum atomic E-state index is 0.278. The van der Waals surface area contributed by atoms with Gasteiger partial charge in [0, 0.05) is 24.8 Å². The molecule has 1 unspecified atom stereocenters. The Morgan fingerprint density at radius 1 is 1.53 bits per heavy atom. The molecular weight excluding hydrogens is 216 g/mol. The molecule has 0 N–H and O–H groups in total. The van der Waals surface area contributed by atoms with Gasteiger partial charge in [0.25, 0.3) is 0 Å². The Hall–Kier alpha value is -1.68. The molecule has 1 saturated heterocycles. The lowest BCUT2D eigenvalue weighted by atomic mass is 10.2. The molecule has 2 aromatic rings. The number of aldehydes is 1. The van der Waals surface area contributed by atoms with E-state index in [2.05, 4.69) is 4.98 Å². The van der Waals surface area contributed by atoms with Crippen LogP contribution in [0.5, 0.6) is 0 Å². The van der Waals surface area contributed by atoms with Crippen LogP contribution in [-0.2, 0) is 11.2 Å². The van der Waals surface area contributed by atoms with Gasteiger partial charge in [0.1, 0.15) is 5.82 Å². The van der Waals surface area contributed by atoms with Gasteiger partial charge in [-0.3, -0.25) is 4.79 Å². The summed E-state index contributed by atoms with van der Waals surface area (Å²) >= 11 is 0. The molecule has 0 saturated carbocycles. The highest BCUT2D eigenvalue weighted by Gasteiger charge is 2.18. The largest absolute Gasteiger partial charge is 0.378 e. The second-order valence-electron chi connectivity index (χ2n) is 4.39. The van der Waals surface area contributed by atoms with Crippen LogP contribution >= 0.6 is 0 Å². The van der Waals surface area contributed by atoms with Crippen molar-refractivity contribution < 1.29 is 9.53 Å². The number of carbonyl (C=O) groups excluding carboxylic acids is 1. The Kier molecular flexibility index (Phi) is 2.65. The standard InChI is InChI=1S/C13H14N2O2/c16-9-10-3-4-11-7-14-13(15(11)8-10)6-12-2-1-5-17-12/h3-4,7-9,12H,1-2,5-6H2. The van der Waals surface area contributed by atoms with Gasteiger partial charge in [-0.15, -0.1) is 0 Å². The fourth-order valence-corrected chi connectivity index (χ4v) is 2.29. The molecule has 0 spiro atoms. The molecule has 3 rings (SSSR count). The molecule has 88 valence electrons. The summed E-state index contributed by atoms with van der Waals surface area (Å²) in [7, 11) is 0. The lowest BCUT2D eigenvalue weighted by molar-refractivity contribution is 0.110. The third-order valence-electron chi connectivity index (χ3n) is 3.20. The molecule has 0 amide bonds. The number of nitrogens with zero attached hydrogens (tertiary/aromatic N) is 2. The van der Waals surface area contributed by atoms with Crippen LogP contribution in [0.15, 0.2) is 24.5 Å². The van der Waals surface area contributed by atoms with Crippen molar-refractivity contribution in [2.75, 3.05) is 6.61 Å². The predicted octanol–water partition coefficient (Wildman–Crippen LogP) is 1.87. The maximum Gasteiger partial charge on any atom is 0.151 e. The minimum absolute atomic E-state index is 0.278. The topological polar surface area (TPSA) is 43.6 Å². The molecule has 0 aromatic carbocycles. The first-order valence-corrected chi connectivity index (χ1v) is 5.89. The first kappa shape index (κ1) is 10.5. The first-order valence-electron chi connectivity index (χ1n) is 5.89. The lowest BCUT2D eigenvalue weighted by Crippen LogP contribution is -2.11. The summed E-state index contributed by atoms with van der Waals surface area (Å²) in [6, 6.07) is 3.72. The molecule has 0 radical (unpaired) electrons. The molecule has 1 atom stereocenters. The predicted molar refractivity (Wildman–Crippen MR) is 63.3 cm³/mol. The van der Waals surface area contributed by atoms with Crippen molar-refractivity contribution in [1.29, 1.82) is 0 Å². The molecule has 4 nitrogen and oxygen atoms in total. The van der Waals surface area contributed by atoms with Gasteiger partial charge in [-0.05, 0) is 25.0 Å². The van der Waals surface area contributed by atoms with Crippen LogP contribution in [0.2, 0.25) is 0 Å². The highest BCUT2D eigenvalue weighted by atomic mass is 16.5. The molecule has 1 fully saturated rings. The average Bonchev–Trinajstić information content (AvgIpc) is 2.99. The van der Waals surface area contributed by atoms with Crippen LogP contribution in [0.3, 0.4) is 0 Å². The van der Waals surface area contributed by atoms with Crippen LogP contribution in [-0.4, -0.2) is 28.4 Å². The van der Waals surface area contributed by atoms with E-state index < -0.39 is 0 Å². The van der Waals surface area contributed by atoms with E-state index in [4.69, 9.17) is 4.74 Å². The molecule has 1 aliphatic heterocycles. The van der Waals surface area contributed by atoms with Gasteiger partial charge in [-0.2, -0.15) is 0 Å². The highest BCUT2D eigenvalue weighted by molar-refractivity contribution is 5.75. The number of rotatable bonds is 3. The van der Waals surface area contributed by atoms with Gasteiger partial charge >= 0.3 is 0 Å². The number of carbonyl (C=O) groups is 1. The summed E-state index contributed by atoms with van der Waals surface area (Å²) in [6.07, 6.45) is 7.85. The molecule has 1 aliphatic rings. The number of imidazole rings is 1. The monoisotopic (exact) mass is 230 g/mol. The summed E-state index contributed by atoms with van der Waals surface area (Å²) in [5, 5.41) is 0. The number of hydrogen-bond acceptors (Lipinski definition) is 3. The van der Waals surface area contributed by atoms with E-state index in [0.717, 1.165) is 43.5 Å². The van der Waals surface area contributed by atoms with Gasteiger partial charge < -0.3 is 9.14 Å². The van der Waals surface area contributed by atoms with Crippen LogP contribution in [0, 0.1) is 0 Å². The van der Waals surface area contributed by atoms with Gasteiger partial charge in [0.2, 0.25) is 0 Å². The summed E-state index contributed by atoms with van der Waals surface area (Å²) in [4.78, 5) is 15.2. The highest BCUT2D eigenvalue weighted by Crippen LogP contribution is 2.17. The Morgan fingerprint density at radius 2 is 2.47 bits per heavy atom. The van der Waals surface area contributed by atoms with Crippen molar-refractivity contribution in [1.82, 2.24) is 9.38 Å². The zero-order chi connectivity index (χ0) is 11.7. The Balaban J connectivity index is 1.94. The summed E-state index contributed by atoms with van der Waals surface area (Å²) in [5.41, 5.74) is 1.69. The number of pyridine rings is 1. The van der Waals surface area contributed by atoms with Gasteiger partial charge in [-0.25, -0.2) is 4.98 Å². The van der Waals surface area contributed by atoms with Crippen LogP contribution in [0.25, 0.3) is 5.52 Å². The quantitative estimate of drug-likeness (QED) is 0.756. The third kappa shape index (κ3) is 1.96. The van der Waals surface area contributed by atoms with Crippen molar-refractivity contribution >= 4 is 11.8 Å². The van der Waals surface area contributed by atoms with Crippen molar-refractivity contribution in [2.45, 2.75) is 25.4 Å². The summed E-state index contributed by atoms with van der Waals surface area (Å²) in [6.45, 7) is 0.855. The van der Waals surface area contributed by atoms with E-state index in [0.29, 0.717) is 5.56 Å². The molecule has 17 heavy (non-hydrogen) atoms. The molecule has 4 heteroatoms. The smallest absolute Gasteiger partial charge is 0.151 e. The molecule has 0 bridgehead atoms. The maximum absolute atomic E-state index is 10.8. The molecular formula is C13H14N2O2. The Labute approximate surface area is 99.2 Å². The second kappa shape index (κ2) is 4.30. The molecule has 2 aromatic heterocycles. The van der Waals surface area contributed by atoms with E-state index in [1.165, 1.54) is 0 Å². The van der Waals surface area contributed by atoms with Crippen molar-refractivity contribution in [3.63, 3.8) is 0 Å². The molecule has 0 aliphatic carbocycles. The van der Waals surface area contributed by atoms with Crippen molar-refractivity contribution in [3.8, 4) is 0 Å². The van der Waals surface area contributed by atoms with Gasteiger partial charge in [-0.1, -0.05) is 0 Å². The fourth-order valence-electron chi connectivity index (χ4n) is 2.29. The van der Waals surface area contributed by atoms with Crippen LogP contribution in [0.1, 0.15) is 29.0 Å².